The van der Waals surface area contributed by atoms with E-state index in [1.165, 1.54) is 12.8 Å². The van der Waals surface area contributed by atoms with Crippen molar-refractivity contribution in [3.8, 4) is 0 Å². The predicted octanol–water partition coefficient (Wildman–Crippen LogP) is 3.85. The molecule has 0 aliphatic heterocycles. The van der Waals surface area contributed by atoms with Crippen LogP contribution in [0, 0.1) is 5.92 Å². The zero-order valence-corrected chi connectivity index (χ0v) is 12.1. The van der Waals surface area contributed by atoms with E-state index in [1.807, 2.05) is 30.3 Å². The molecule has 0 radical (unpaired) electrons. The maximum Gasteiger partial charge on any atom is 0.139 e. The molecule has 1 aliphatic rings. The van der Waals surface area contributed by atoms with E-state index in [4.69, 9.17) is 11.6 Å². The van der Waals surface area contributed by atoms with E-state index in [9.17, 15) is 5.11 Å². The Labute approximate surface area is 124 Å². The van der Waals surface area contributed by atoms with Crippen LogP contribution in [-0.2, 0) is 0 Å². The third-order valence-corrected chi connectivity index (χ3v) is 4.42. The summed E-state index contributed by atoms with van der Waals surface area (Å²) in [5.41, 5.74) is 0. The first kappa shape index (κ1) is 13.7. The van der Waals surface area contributed by atoms with Crippen molar-refractivity contribution in [1.29, 1.82) is 0 Å². The van der Waals surface area contributed by atoms with Crippen molar-refractivity contribution in [2.24, 2.45) is 5.92 Å². The molecule has 3 nitrogen and oxygen atoms in total. The first-order chi connectivity index (χ1) is 9.74. The van der Waals surface area contributed by atoms with Gasteiger partial charge in [0.25, 0.3) is 0 Å². The molecule has 3 rings (SSSR count). The zero-order chi connectivity index (χ0) is 13.9. The van der Waals surface area contributed by atoms with Crippen LogP contribution in [0.4, 0.5) is 5.82 Å². The molecule has 106 valence electrons. The fourth-order valence-corrected chi connectivity index (χ4v) is 3.23. The average molecular weight is 291 g/mol. The molecule has 2 aromatic rings. The highest BCUT2D eigenvalue weighted by molar-refractivity contribution is 6.34. The van der Waals surface area contributed by atoms with Gasteiger partial charge in [-0.05, 0) is 30.2 Å². The number of nitrogens with zero attached hydrogens (tertiary/aromatic N) is 1. The summed E-state index contributed by atoms with van der Waals surface area (Å²) in [5, 5.41) is 15.9. The second-order valence-corrected chi connectivity index (χ2v) is 5.87. The third-order valence-electron chi connectivity index (χ3n) is 4.13. The van der Waals surface area contributed by atoms with Crippen LogP contribution in [0.5, 0.6) is 0 Å². The van der Waals surface area contributed by atoms with E-state index in [0.29, 0.717) is 17.6 Å². The van der Waals surface area contributed by atoms with Crippen LogP contribution in [0.3, 0.4) is 0 Å². The minimum Gasteiger partial charge on any atom is -0.391 e. The summed E-state index contributed by atoms with van der Waals surface area (Å²) in [4.78, 5) is 4.34. The normalized spacial score (nSPS) is 17.5. The van der Waals surface area contributed by atoms with E-state index < -0.39 is 0 Å². The van der Waals surface area contributed by atoms with Crippen LogP contribution in [0.25, 0.3) is 10.8 Å². The molecule has 1 aliphatic carbocycles. The number of fused-ring (bicyclic) bond motifs is 1. The first-order valence-corrected chi connectivity index (χ1v) is 7.59. The van der Waals surface area contributed by atoms with Gasteiger partial charge in [0.2, 0.25) is 0 Å². The van der Waals surface area contributed by atoms with E-state index in [2.05, 4.69) is 10.3 Å². The van der Waals surface area contributed by atoms with Gasteiger partial charge in [-0.25, -0.2) is 4.98 Å². The summed E-state index contributed by atoms with van der Waals surface area (Å²) in [6.45, 7) is 0.534. The number of anilines is 1. The van der Waals surface area contributed by atoms with Gasteiger partial charge >= 0.3 is 0 Å². The third kappa shape index (κ3) is 2.89. The molecule has 1 fully saturated rings. The highest BCUT2D eigenvalue weighted by Crippen LogP contribution is 2.28. The Morgan fingerprint density at radius 1 is 1.30 bits per heavy atom. The van der Waals surface area contributed by atoms with E-state index in [-0.39, 0.29) is 6.10 Å². The lowest BCUT2D eigenvalue weighted by molar-refractivity contribution is 0.123. The lowest BCUT2D eigenvalue weighted by Crippen LogP contribution is -2.26. The van der Waals surface area contributed by atoms with Gasteiger partial charge in [0, 0.05) is 11.9 Å². The highest BCUT2D eigenvalue weighted by atomic mass is 35.5. The topological polar surface area (TPSA) is 45.1 Å². The molecule has 1 aromatic carbocycles. The van der Waals surface area contributed by atoms with Crippen molar-refractivity contribution in [1.82, 2.24) is 4.98 Å². The number of rotatable bonds is 4. The number of hydrogen-bond donors (Lipinski definition) is 2. The number of aromatic nitrogens is 1. The zero-order valence-electron chi connectivity index (χ0n) is 11.3. The Kier molecular flexibility index (Phi) is 4.08. The Balaban J connectivity index is 1.71. The number of halogens is 1. The van der Waals surface area contributed by atoms with Crippen LogP contribution >= 0.6 is 11.6 Å². The monoisotopic (exact) mass is 290 g/mol. The molecule has 1 aromatic heterocycles. The molecular weight excluding hydrogens is 272 g/mol. The van der Waals surface area contributed by atoms with Crippen LogP contribution in [-0.4, -0.2) is 22.7 Å². The van der Waals surface area contributed by atoms with Crippen molar-refractivity contribution < 1.29 is 5.11 Å². The van der Waals surface area contributed by atoms with Gasteiger partial charge in [0.1, 0.15) is 11.0 Å². The molecule has 1 atom stereocenters. The molecule has 1 heterocycles. The second-order valence-electron chi connectivity index (χ2n) is 5.51. The van der Waals surface area contributed by atoms with Crippen LogP contribution in [0.2, 0.25) is 5.15 Å². The predicted molar refractivity (Wildman–Crippen MR) is 83.2 cm³/mol. The number of aliphatic hydroxyl groups is 1. The van der Waals surface area contributed by atoms with Crippen LogP contribution in [0.15, 0.2) is 30.3 Å². The number of aliphatic hydroxyl groups excluding tert-OH is 1. The quantitative estimate of drug-likeness (QED) is 0.841. The number of benzene rings is 1. The molecule has 2 N–H and O–H groups in total. The maximum atomic E-state index is 10.2. The summed E-state index contributed by atoms with van der Waals surface area (Å²) < 4.78 is 0. The molecular formula is C16H19ClN2O. The van der Waals surface area contributed by atoms with Crippen molar-refractivity contribution in [3.05, 3.63) is 35.5 Å². The van der Waals surface area contributed by atoms with Gasteiger partial charge in [0.05, 0.1) is 6.10 Å². The standard InChI is InChI=1S/C16H19ClN2O/c17-16-13-8-4-3-7-12(13)9-15(19-16)18-10-14(20)11-5-1-2-6-11/h3-4,7-9,11,14,20H,1-2,5-6,10H2,(H,18,19). The first-order valence-electron chi connectivity index (χ1n) is 7.21. The molecule has 1 saturated carbocycles. The molecule has 20 heavy (non-hydrogen) atoms. The lowest BCUT2D eigenvalue weighted by atomic mass is 10.0. The van der Waals surface area contributed by atoms with E-state index in [0.717, 1.165) is 29.4 Å². The van der Waals surface area contributed by atoms with Crippen molar-refractivity contribution in [2.75, 3.05) is 11.9 Å². The average Bonchev–Trinajstić information content (AvgIpc) is 2.99. The summed E-state index contributed by atoms with van der Waals surface area (Å²) in [6.07, 6.45) is 4.44. The van der Waals surface area contributed by atoms with Crippen molar-refractivity contribution in [3.63, 3.8) is 0 Å². The summed E-state index contributed by atoms with van der Waals surface area (Å²) in [5.74, 6) is 1.16. The number of nitrogens with one attached hydrogen (secondary N) is 1. The minimum absolute atomic E-state index is 0.301. The Bertz CT molecular complexity index is 596. The van der Waals surface area contributed by atoms with Crippen molar-refractivity contribution in [2.45, 2.75) is 31.8 Å². The minimum atomic E-state index is -0.301. The number of pyridine rings is 1. The molecule has 4 heteroatoms. The highest BCUT2D eigenvalue weighted by Gasteiger charge is 2.22. The molecule has 0 saturated heterocycles. The van der Waals surface area contributed by atoms with Gasteiger partial charge in [-0.15, -0.1) is 0 Å². The van der Waals surface area contributed by atoms with E-state index >= 15 is 0 Å². The molecule has 0 amide bonds. The van der Waals surface area contributed by atoms with Gasteiger partial charge < -0.3 is 10.4 Å². The fourth-order valence-electron chi connectivity index (χ4n) is 2.96. The summed E-state index contributed by atoms with van der Waals surface area (Å²) in [7, 11) is 0. The van der Waals surface area contributed by atoms with Gasteiger partial charge in [-0.1, -0.05) is 48.7 Å². The largest absolute Gasteiger partial charge is 0.391 e. The van der Waals surface area contributed by atoms with Gasteiger partial charge in [0.15, 0.2) is 0 Å². The smallest absolute Gasteiger partial charge is 0.139 e. The van der Waals surface area contributed by atoms with Crippen LogP contribution in [0.1, 0.15) is 25.7 Å². The lowest BCUT2D eigenvalue weighted by Gasteiger charge is -2.18. The summed E-state index contributed by atoms with van der Waals surface area (Å²) >= 11 is 6.19. The summed E-state index contributed by atoms with van der Waals surface area (Å²) in [6, 6.07) is 9.88. The van der Waals surface area contributed by atoms with Crippen LogP contribution < -0.4 is 5.32 Å². The Morgan fingerprint density at radius 3 is 2.85 bits per heavy atom. The van der Waals surface area contributed by atoms with Gasteiger partial charge in [-0.3, -0.25) is 0 Å². The Morgan fingerprint density at radius 2 is 2.05 bits per heavy atom. The Hall–Kier alpha value is -1.32. The van der Waals surface area contributed by atoms with Crippen molar-refractivity contribution >= 4 is 28.2 Å². The molecule has 0 spiro atoms. The van der Waals surface area contributed by atoms with Gasteiger partial charge in [-0.2, -0.15) is 0 Å². The fraction of sp³-hybridized carbons (Fsp3) is 0.438. The molecule has 0 bridgehead atoms. The van der Waals surface area contributed by atoms with E-state index in [1.54, 1.807) is 0 Å². The molecule has 1 unspecified atom stereocenters. The number of hydrogen-bond acceptors (Lipinski definition) is 3. The second kappa shape index (κ2) is 5.98. The maximum absolute atomic E-state index is 10.2. The SMILES string of the molecule is OC(CNc1cc2ccccc2c(Cl)n1)C1CCCC1.